The zero-order valence-corrected chi connectivity index (χ0v) is 12.0. The third kappa shape index (κ3) is 4.03. The zero-order valence-electron chi connectivity index (χ0n) is 12.0. The fourth-order valence-electron chi connectivity index (χ4n) is 2.70. The second-order valence-electron chi connectivity index (χ2n) is 5.41. The summed E-state index contributed by atoms with van der Waals surface area (Å²) in [6.45, 7) is 3.45. The summed E-state index contributed by atoms with van der Waals surface area (Å²) in [5.41, 5.74) is 3.83. The molecule has 3 N–H and O–H groups in total. The van der Waals surface area contributed by atoms with E-state index in [9.17, 15) is 4.79 Å². The van der Waals surface area contributed by atoms with Crippen molar-refractivity contribution in [2.24, 2.45) is 11.8 Å². The van der Waals surface area contributed by atoms with Gasteiger partial charge in [-0.15, -0.1) is 0 Å². The molecule has 1 aliphatic rings. The lowest BCUT2D eigenvalue weighted by molar-refractivity contribution is 0.0411. The first-order valence-electron chi connectivity index (χ1n) is 7.06. The van der Waals surface area contributed by atoms with Gasteiger partial charge >= 0.3 is 0 Å². The number of hydrogen-bond acceptors (Lipinski definition) is 4. The molecule has 0 aliphatic carbocycles. The number of nitrogen functional groups attached to an aromatic ring is 1. The molecular weight excluding hydrogens is 254 g/mol. The first kappa shape index (κ1) is 15.0. The topological polar surface area (TPSA) is 67.6 Å². The van der Waals surface area contributed by atoms with E-state index in [1.54, 1.807) is 6.07 Å². The molecule has 5 heteroatoms. The Balaban J connectivity index is 1.96. The largest absolute Gasteiger partial charge is 0.381 e. The summed E-state index contributed by atoms with van der Waals surface area (Å²) in [4.78, 5) is 14.0. The standard InChI is InChI=1S/C15H23N3O2/c1-18(9-12-5-4-8-20-11-12)10-13-6-2-3-7-14(13)15(19)17-16/h2-3,6-7,12H,4-5,8-11,16H2,1H3,(H,17,19). The maximum Gasteiger partial charge on any atom is 0.265 e. The Bertz CT molecular complexity index is 444. The number of nitrogens with one attached hydrogen (secondary N) is 1. The molecule has 0 spiro atoms. The average molecular weight is 277 g/mol. The van der Waals surface area contributed by atoms with Gasteiger partial charge in [-0.1, -0.05) is 18.2 Å². The minimum absolute atomic E-state index is 0.241. The summed E-state index contributed by atoms with van der Waals surface area (Å²) in [7, 11) is 2.08. The van der Waals surface area contributed by atoms with Gasteiger partial charge < -0.3 is 9.64 Å². The maximum atomic E-state index is 11.7. The number of carbonyl (C=O) groups excluding carboxylic acids is 1. The summed E-state index contributed by atoms with van der Waals surface area (Å²) in [6.07, 6.45) is 2.36. The third-order valence-corrected chi connectivity index (χ3v) is 3.66. The van der Waals surface area contributed by atoms with Gasteiger partial charge in [0.15, 0.2) is 0 Å². The molecule has 2 rings (SSSR count). The van der Waals surface area contributed by atoms with E-state index < -0.39 is 0 Å². The summed E-state index contributed by atoms with van der Waals surface area (Å²) in [6, 6.07) is 7.57. The van der Waals surface area contributed by atoms with Crippen LogP contribution in [-0.4, -0.2) is 37.6 Å². The molecule has 0 aromatic heterocycles. The van der Waals surface area contributed by atoms with Crippen LogP contribution in [-0.2, 0) is 11.3 Å². The molecule has 110 valence electrons. The molecule has 1 amide bonds. The van der Waals surface area contributed by atoms with Crippen molar-refractivity contribution >= 4 is 5.91 Å². The summed E-state index contributed by atoms with van der Waals surface area (Å²) in [5.74, 6) is 5.57. The van der Waals surface area contributed by atoms with Crippen LogP contribution in [0.15, 0.2) is 24.3 Å². The molecular formula is C15H23N3O2. The van der Waals surface area contributed by atoms with Crippen molar-refractivity contribution < 1.29 is 9.53 Å². The van der Waals surface area contributed by atoms with Crippen LogP contribution in [0.2, 0.25) is 0 Å². The first-order valence-corrected chi connectivity index (χ1v) is 7.06. The molecule has 1 aromatic rings. The SMILES string of the molecule is CN(Cc1ccccc1C(=O)NN)CC1CCCOC1. The van der Waals surface area contributed by atoms with Crippen LogP contribution < -0.4 is 11.3 Å². The van der Waals surface area contributed by atoms with Gasteiger partial charge in [0.05, 0.1) is 6.61 Å². The van der Waals surface area contributed by atoms with E-state index in [2.05, 4.69) is 17.4 Å². The van der Waals surface area contributed by atoms with E-state index >= 15 is 0 Å². The van der Waals surface area contributed by atoms with Crippen LogP contribution in [0.4, 0.5) is 0 Å². The Kier molecular flexibility index (Phi) is 5.52. The number of rotatable bonds is 5. The minimum atomic E-state index is -0.241. The molecule has 1 atom stereocenters. The number of benzene rings is 1. The highest BCUT2D eigenvalue weighted by Crippen LogP contribution is 2.17. The molecule has 5 nitrogen and oxygen atoms in total. The normalized spacial score (nSPS) is 19.1. The van der Waals surface area contributed by atoms with Crippen molar-refractivity contribution in [2.75, 3.05) is 26.8 Å². The van der Waals surface area contributed by atoms with Crippen LogP contribution >= 0.6 is 0 Å². The molecule has 0 radical (unpaired) electrons. The third-order valence-electron chi connectivity index (χ3n) is 3.66. The van der Waals surface area contributed by atoms with E-state index in [4.69, 9.17) is 10.6 Å². The quantitative estimate of drug-likeness (QED) is 0.481. The maximum absolute atomic E-state index is 11.7. The molecule has 1 heterocycles. The predicted octanol–water partition coefficient (Wildman–Crippen LogP) is 1.15. The van der Waals surface area contributed by atoms with Crippen LogP contribution in [0.5, 0.6) is 0 Å². The van der Waals surface area contributed by atoms with E-state index in [1.165, 1.54) is 6.42 Å². The summed E-state index contributed by atoms with van der Waals surface area (Å²) >= 11 is 0. The molecule has 1 fully saturated rings. The van der Waals surface area contributed by atoms with Gasteiger partial charge in [-0.2, -0.15) is 0 Å². The Labute approximate surface area is 120 Å². The van der Waals surface area contributed by atoms with Gasteiger partial charge in [-0.25, -0.2) is 5.84 Å². The Morgan fingerprint density at radius 1 is 1.50 bits per heavy atom. The van der Waals surface area contributed by atoms with Crippen LogP contribution in [0.3, 0.4) is 0 Å². The first-order chi connectivity index (χ1) is 9.70. The van der Waals surface area contributed by atoms with Crippen molar-refractivity contribution in [3.8, 4) is 0 Å². The Hall–Kier alpha value is -1.43. The van der Waals surface area contributed by atoms with Gasteiger partial charge in [0.25, 0.3) is 5.91 Å². The van der Waals surface area contributed by atoms with E-state index in [-0.39, 0.29) is 5.91 Å². The monoisotopic (exact) mass is 277 g/mol. The van der Waals surface area contributed by atoms with Gasteiger partial charge in [0.1, 0.15) is 0 Å². The molecule has 1 unspecified atom stereocenters. The van der Waals surface area contributed by atoms with Gasteiger partial charge in [-0.05, 0) is 37.4 Å². The van der Waals surface area contributed by atoms with Crippen molar-refractivity contribution in [1.29, 1.82) is 0 Å². The summed E-state index contributed by atoms with van der Waals surface area (Å²) < 4.78 is 5.51. The highest BCUT2D eigenvalue weighted by Gasteiger charge is 2.17. The fourth-order valence-corrected chi connectivity index (χ4v) is 2.70. The second kappa shape index (κ2) is 7.38. The fraction of sp³-hybridized carbons (Fsp3) is 0.533. The lowest BCUT2D eigenvalue weighted by Gasteiger charge is -2.27. The Morgan fingerprint density at radius 3 is 3.00 bits per heavy atom. The minimum Gasteiger partial charge on any atom is -0.381 e. The zero-order chi connectivity index (χ0) is 14.4. The van der Waals surface area contributed by atoms with Gasteiger partial charge in [0.2, 0.25) is 0 Å². The predicted molar refractivity (Wildman–Crippen MR) is 78.0 cm³/mol. The number of hydrogen-bond donors (Lipinski definition) is 2. The van der Waals surface area contributed by atoms with Gasteiger partial charge in [0, 0.05) is 25.3 Å². The molecule has 20 heavy (non-hydrogen) atoms. The van der Waals surface area contributed by atoms with Crippen LogP contribution in [0, 0.1) is 5.92 Å². The lowest BCUT2D eigenvalue weighted by atomic mass is 10.0. The van der Waals surface area contributed by atoms with E-state index in [0.29, 0.717) is 11.5 Å². The number of nitrogens with zero attached hydrogens (tertiary/aromatic N) is 1. The van der Waals surface area contributed by atoms with Crippen molar-refractivity contribution in [3.05, 3.63) is 35.4 Å². The molecule has 1 aliphatic heterocycles. The number of amides is 1. The average Bonchev–Trinajstić information content (AvgIpc) is 2.48. The molecule has 1 saturated heterocycles. The summed E-state index contributed by atoms with van der Waals surface area (Å²) in [5, 5.41) is 0. The number of hydrazine groups is 1. The number of nitrogens with two attached hydrogens (primary N) is 1. The van der Waals surface area contributed by atoms with Crippen molar-refractivity contribution in [2.45, 2.75) is 19.4 Å². The highest BCUT2D eigenvalue weighted by atomic mass is 16.5. The van der Waals surface area contributed by atoms with Crippen molar-refractivity contribution in [1.82, 2.24) is 10.3 Å². The number of carbonyl (C=O) groups is 1. The van der Waals surface area contributed by atoms with E-state index in [1.807, 2.05) is 18.2 Å². The molecule has 1 aromatic carbocycles. The smallest absolute Gasteiger partial charge is 0.265 e. The Morgan fingerprint density at radius 2 is 2.30 bits per heavy atom. The van der Waals surface area contributed by atoms with Crippen LogP contribution in [0.1, 0.15) is 28.8 Å². The van der Waals surface area contributed by atoms with E-state index in [0.717, 1.165) is 38.3 Å². The molecule has 0 bridgehead atoms. The molecule has 0 saturated carbocycles. The lowest BCUT2D eigenvalue weighted by Crippen LogP contribution is -2.33. The second-order valence-corrected chi connectivity index (χ2v) is 5.41. The van der Waals surface area contributed by atoms with Crippen LogP contribution in [0.25, 0.3) is 0 Å². The number of ether oxygens (including phenoxy) is 1. The van der Waals surface area contributed by atoms with Gasteiger partial charge in [-0.3, -0.25) is 10.2 Å². The van der Waals surface area contributed by atoms with Crippen molar-refractivity contribution in [3.63, 3.8) is 0 Å². The highest BCUT2D eigenvalue weighted by molar-refractivity contribution is 5.95.